The first-order valence-electron chi connectivity index (χ1n) is 4.92. The zero-order chi connectivity index (χ0) is 12.2. The van der Waals surface area contributed by atoms with Crippen molar-refractivity contribution < 1.29 is 13.5 Å². The summed E-state index contributed by atoms with van der Waals surface area (Å²) >= 11 is 0. The molecule has 0 fully saturated rings. The van der Waals surface area contributed by atoms with Gasteiger partial charge in [-0.2, -0.15) is 0 Å². The molecular formula is C12H15F2NO. The lowest BCUT2D eigenvalue weighted by molar-refractivity contribution is 0.0149. The van der Waals surface area contributed by atoms with Gasteiger partial charge < -0.3 is 10.5 Å². The van der Waals surface area contributed by atoms with Crippen LogP contribution in [0.5, 0.6) is 5.75 Å². The van der Waals surface area contributed by atoms with Crippen molar-refractivity contribution in [3.63, 3.8) is 0 Å². The van der Waals surface area contributed by atoms with E-state index in [1.54, 1.807) is 24.3 Å². The van der Waals surface area contributed by atoms with Crippen molar-refractivity contribution >= 4 is 6.08 Å². The van der Waals surface area contributed by atoms with Crippen LogP contribution in [0.2, 0.25) is 0 Å². The van der Waals surface area contributed by atoms with Gasteiger partial charge in [0.15, 0.2) is 0 Å². The third-order valence-electron chi connectivity index (χ3n) is 2.15. The van der Waals surface area contributed by atoms with Crippen molar-refractivity contribution in [2.24, 2.45) is 5.73 Å². The summed E-state index contributed by atoms with van der Waals surface area (Å²) in [6.45, 7) is 1.16. The monoisotopic (exact) mass is 227 g/mol. The number of rotatable bonds is 4. The second-order valence-electron chi connectivity index (χ2n) is 3.45. The Balaban J connectivity index is 3.32. The van der Waals surface area contributed by atoms with Crippen molar-refractivity contribution in [1.82, 2.24) is 0 Å². The fourth-order valence-corrected chi connectivity index (χ4v) is 1.52. The van der Waals surface area contributed by atoms with Gasteiger partial charge in [-0.3, -0.25) is 0 Å². The lowest BCUT2D eigenvalue weighted by Crippen LogP contribution is -2.11. The SMILES string of the molecule is COc1cccc(/C=C/CN)c1C(C)(F)F. The molecule has 0 unspecified atom stereocenters. The zero-order valence-corrected chi connectivity index (χ0v) is 9.34. The van der Waals surface area contributed by atoms with E-state index in [4.69, 9.17) is 10.5 Å². The molecule has 88 valence electrons. The van der Waals surface area contributed by atoms with E-state index in [9.17, 15) is 8.78 Å². The van der Waals surface area contributed by atoms with Crippen molar-refractivity contribution in [2.75, 3.05) is 13.7 Å². The van der Waals surface area contributed by atoms with Crippen LogP contribution >= 0.6 is 0 Å². The lowest BCUT2D eigenvalue weighted by atomic mass is 10.0. The highest BCUT2D eigenvalue weighted by atomic mass is 19.3. The lowest BCUT2D eigenvalue weighted by Gasteiger charge is -2.17. The minimum atomic E-state index is -2.94. The minimum Gasteiger partial charge on any atom is -0.496 e. The molecule has 0 bridgehead atoms. The number of hydrogen-bond acceptors (Lipinski definition) is 2. The molecule has 4 heteroatoms. The Hall–Kier alpha value is -1.42. The number of hydrogen-bond donors (Lipinski definition) is 1. The number of benzene rings is 1. The maximum atomic E-state index is 13.4. The minimum absolute atomic E-state index is 0.109. The summed E-state index contributed by atoms with van der Waals surface area (Å²) in [5, 5.41) is 0. The summed E-state index contributed by atoms with van der Waals surface area (Å²) in [6.07, 6.45) is 3.21. The Labute approximate surface area is 93.7 Å². The van der Waals surface area contributed by atoms with Crippen LogP contribution < -0.4 is 10.5 Å². The molecule has 0 saturated carbocycles. The maximum absolute atomic E-state index is 13.4. The summed E-state index contributed by atoms with van der Waals surface area (Å²) in [6, 6.07) is 4.80. The zero-order valence-electron chi connectivity index (χ0n) is 9.34. The molecule has 16 heavy (non-hydrogen) atoms. The number of methoxy groups -OCH3 is 1. The standard InChI is InChI=1S/C12H15F2NO/c1-12(13,14)11-9(6-4-8-15)5-3-7-10(11)16-2/h3-7H,8,15H2,1-2H3/b6-4+. The highest BCUT2D eigenvalue weighted by Gasteiger charge is 2.30. The van der Waals surface area contributed by atoms with Gasteiger partial charge in [0.05, 0.1) is 12.7 Å². The summed E-state index contributed by atoms with van der Waals surface area (Å²) in [5.41, 5.74) is 5.62. The molecule has 0 atom stereocenters. The Kier molecular flexibility index (Phi) is 4.01. The molecule has 0 aliphatic heterocycles. The molecular weight excluding hydrogens is 212 g/mol. The van der Waals surface area contributed by atoms with Crippen LogP contribution in [0.4, 0.5) is 8.78 Å². The first kappa shape index (κ1) is 12.6. The molecule has 0 spiro atoms. The normalized spacial score (nSPS) is 12.1. The highest BCUT2D eigenvalue weighted by molar-refractivity contribution is 5.59. The van der Waals surface area contributed by atoms with Crippen molar-refractivity contribution in [3.05, 3.63) is 35.4 Å². The molecule has 1 rings (SSSR count). The number of alkyl halides is 2. The van der Waals surface area contributed by atoms with Crippen molar-refractivity contribution in [1.29, 1.82) is 0 Å². The van der Waals surface area contributed by atoms with Gasteiger partial charge in [-0.05, 0) is 11.6 Å². The second-order valence-corrected chi connectivity index (χ2v) is 3.45. The van der Waals surface area contributed by atoms with Gasteiger partial charge in [-0.25, -0.2) is 8.78 Å². The quantitative estimate of drug-likeness (QED) is 0.858. The number of halogens is 2. The van der Waals surface area contributed by atoms with Crippen LogP contribution in [-0.4, -0.2) is 13.7 Å². The average Bonchev–Trinajstić information content (AvgIpc) is 2.24. The van der Waals surface area contributed by atoms with Crippen LogP contribution in [0.1, 0.15) is 18.1 Å². The van der Waals surface area contributed by atoms with Gasteiger partial charge in [0.25, 0.3) is 5.92 Å². The summed E-state index contributed by atoms with van der Waals surface area (Å²) in [7, 11) is 1.38. The predicted octanol–water partition coefficient (Wildman–Crippen LogP) is 2.78. The van der Waals surface area contributed by atoms with Crippen LogP contribution in [-0.2, 0) is 5.92 Å². The Morgan fingerprint density at radius 1 is 1.44 bits per heavy atom. The summed E-state index contributed by atoms with van der Waals surface area (Å²) in [4.78, 5) is 0. The largest absolute Gasteiger partial charge is 0.496 e. The molecule has 2 nitrogen and oxygen atoms in total. The van der Waals surface area contributed by atoms with Crippen molar-refractivity contribution in [2.45, 2.75) is 12.8 Å². The summed E-state index contributed by atoms with van der Waals surface area (Å²) in [5.74, 6) is -2.76. The number of nitrogens with two attached hydrogens (primary N) is 1. The van der Waals surface area contributed by atoms with Crippen LogP contribution in [0.3, 0.4) is 0 Å². The van der Waals surface area contributed by atoms with Crippen LogP contribution in [0.15, 0.2) is 24.3 Å². The molecule has 0 heterocycles. The molecule has 1 aromatic carbocycles. The van der Waals surface area contributed by atoms with E-state index in [1.807, 2.05) is 0 Å². The van der Waals surface area contributed by atoms with E-state index in [0.717, 1.165) is 6.92 Å². The van der Waals surface area contributed by atoms with Crippen molar-refractivity contribution in [3.8, 4) is 5.75 Å². The molecule has 0 aromatic heterocycles. The first-order chi connectivity index (χ1) is 7.50. The van der Waals surface area contributed by atoms with Crippen LogP contribution in [0, 0.1) is 0 Å². The van der Waals surface area contributed by atoms with E-state index >= 15 is 0 Å². The average molecular weight is 227 g/mol. The summed E-state index contributed by atoms with van der Waals surface area (Å²) < 4.78 is 31.8. The Morgan fingerprint density at radius 2 is 2.12 bits per heavy atom. The van der Waals surface area contributed by atoms with Gasteiger partial charge in [-0.1, -0.05) is 24.3 Å². The fraction of sp³-hybridized carbons (Fsp3) is 0.333. The fourth-order valence-electron chi connectivity index (χ4n) is 1.52. The van der Waals surface area contributed by atoms with E-state index in [1.165, 1.54) is 13.2 Å². The Bertz CT molecular complexity index is 383. The molecule has 0 aliphatic carbocycles. The van der Waals surface area contributed by atoms with E-state index in [2.05, 4.69) is 0 Å². The second kappa shape index (κ2) is 5.07. The van der Waals surface area contributed by atoms with Gasteiger partial charge in [0.2, 0.25) is 0 Å². The Morgan fingerprint density at radius 3 is 2.62 bits per heavy atom. The van der Waals surface area contributed by atoms with Gasteiger partial charge in [0.1, 0.15) is 5.75 Å². The topological polar surface area (TPSA) is 35.2 Å². The maximum Gasteiger partial charge on any atom is 0.274 e. The number of ether oxygens (including phenoxy) is 1. The van der Waals surface area contributed by atoms with Crippen LogP contribution in [0.25, 0.3) is 6.08 Å². The van der Waals surface area contributed by atoms with E-state index < -0.39 is 5.92 Å². The molecule has 0 radical (unpaired) electrons. The highest BCUT2D eigenvalue weighted by Crippen LogP contribution is 2.37. The molecule has 0 aliphatic rings. The van der Waals surface area contributed by atoms with Gasteiger partial charge in [0, 0.05) is 13.5 Å². The van der Waals surface area contributed by atoms with E-state index in [0.29, 0.717) is 12.1 Å². The predicted molar refractivity (Wildman–Crippen MR) is 60.7 cm³/mol. The third kappa shape index (κ3) is 2.79. The first-order valence-corrected chi connectivity index (χ1v) is 4.92. The molecule has 0 saturated heterocycles. The molecule has 0 amide bonds. The third-order valence-corrected chi connectivity index (χ3v) is 2.15. The smallest absolute Gasteiger partial charge is 0.274 e. The van der Waals surface area contributed by atoms with E-state index in [-0.39, 0.29) is 11.3 Å². The molecule has 2 N–H and O–H groups in total. The van der Waals surface area contributed by atoms with Gasteiger partial charge in [-0.15, -0.1) is 0 Å². The molecule has 1 aromatic rings. The van der Waals surface area contributed by atoms with Gasteiger partial charge >= 0.3 is 0 Å².